The molecule has 64 heavy (non-hydrogen) atoms. The summed E-state index contributed by atoms with van der Waals surface area (Å²) in [6, 6.07) is -0.560. The van der Waals surface area contributed by atoms with Crippen molar-refractivity contribution in [3.05, 3.63) is 24.3 Å². The van der Waals surface area contributed by atoms with E-state index in [1.165, 1.54) is 212 Å². The number of nitrogens with one attached hydrogen (secondary N) is 1. The van der Waals surface area contributed by atoms with Crippen LogP contribution in [0.15, 0.2) is 24.3 Å². The van der Waals surface area contributed by atoms with E-state index < -0.39 is 12.1 Å². The minimum atomic E-state index is -0.680. The number of allylic oxidation sites excluding steroid dienone is 4. The molecule has 2 unspecified atom stereocenters. The molecule has 0 aliphatic rings. The van der Waals surface area contributed by atoms with Gasteiger partial charge in [-0.15, -0.1) is 0 Å². The van der Waals surface area contributed by atoms with Gasteiger partial charge in [0.2, 0.25) is 5.91 Å². The zero-order valence-corrected chi connectivity index (χ0v) is 43.0. The molecule has 0 saturated heterocycles. The van der Waals surface area contributed by atoms with Crippen LogP contribution >= 0.6 is 0 Å². The molecule has 0 aromatic rings. The van der Waals surface area contributed by atoms with Gasteiger partial charge >= 0.3 is 5.97 Å². The van der Waals surface area contributed by atoms with Gasteiger partial charge < -0.3 is 20.3 Å². The van der Waals surface area contributed by atoms with Crippen molar-refractivity contribution < 1.29 is 24.5 Å². The lowest BCUT2D eigenvalue weighted by Crippen LogP contribution is -2.45. The molecular formula is C58H111NO5. The van der Waals surface area contributed by atoms with Crippen LogP contribution in [0, 0.1) is 0 Å². The van der Waals surface area contributed by atoms with Crippen LogP contribution in [0.4, 0.5) is 0 Å². The SMILES string of the molecule is CCCCC/C=C\C/C=C\CCCCCCCCCC(=O)OCCCCCCCCCCCCC(=O)NC(CO)C(O)CCCCCCCCCCCCCCCCCCCCCC. The number of amides is 1. The maximum Gasteiger partial charge on any atom is 0.305 e. The summed E-state index contributed by atoms with van der Waals surface area (Å²) in [4.78, 5) is 24.6. The summed E-state index contributed by atoms with van der Waals surface area (Å²) in [5.41, 5.74) is 0. The van der Waals surface area contributed by atoms with Gasteiger partial charge in [-0.3, -0.25) is 9.59 Å². The molecule has 2 atom stereocenters. The summed E-state index contributed by atoms with van der Waals surface area (Å²) in [6.45, 7) is 4.89. The number of ether oxygens (including phenoxy) is 1. The third-order valence-corrected chi connectivity index (χ3v) is 13.3. The third kappa shape index (κ3) is 49.8. The molecule has 0 fully saturated rings. The number of carbonyl (C=O) groups is 2. The monoisotopic (exact) mass is 902 g/mol. The molecule has 0 aliphatic heterocycles. The summed E-state index contributed by atoms with van der Waals surface area (Å²) in [7, 11) is 0. The molecule has 0 radical (unpaired) electrons. The van der Waals surface area contributed by atoms with E-state index in [0.717, 1.165) is 64.2 Å². The molecule has 0 aliphatic carbocycles. The van der Waals surface area contributed by atoms with Crippen molar-refractivity contribution in [2.75, 3.05) is 13.2 Å². The standard InChI is InChI=1S/C58H111NO5/c1-3-5-7-9-11-13-15-17-19-21-22-23-25-26-28-30-34-38-42-46-50-56(61)55(54-60)59-57(62)51-47-43-39-35-32-33-37-41-45-49-53-64-58(63)52-48-44-40-36-31-29-27-24-20-18-16-14-12-10-8-6-4-2/h12,14,18,20,55-56,60-61H,3-11,13,15-17,19,21-54H2,1-2H3,(H,59,62)/b14-12-,20-18-. The molecule has 0 rings (SSSR count). The summed E-state index contributed by atoms with van der Waals surface area (Å²) in [5.74, 6) is -0.0816. The first-order chi connectivity index (χ1) is 31.5. The second-order valence-corrected chi connectivity index (χ2v) is 19.6. The van der Waals surface area contributed by atoms with Gasteiger partial charge in [0.25, 0.3) is 0 Å². The van der Waals surface area contributed by atoms with Gasteiger partial charge in [-0.05, 0) is 57.8 Å². The molecule has 0 bridgehead atoms. The smallest absolute Gasteiger partial charge is 0.305 e. The van der Waals surface area contributed by atoms with Crippen LogP contribution in [0.25, 0.3) is 0 Å². The van der Waals surface area contributed by atoms with Gasteiger partial charge in [0.05, 0.1) is 25.4 Å². The van der Waals surface area contributed by atoms with Gasteiger partial charge in [0, 0.05) is 12.8 Å². The molecule has 0 heterocycles. The molecule has 0 aromatic heterocycles. The number of hydrogen-bond acceptors (Lipinski definition) is 5. The van der Waals surface area contributed by atoms with E-state index in [4.69, 9.17) is 4.74 Å². The zero-order valence-electron chi connectivity index (χ0n) is 43.0. The van der Waals surface area contributed by atoms with Crippen LogP contribution in [-0.4, -0.2) is 47.4 Å². The lowest BCUT2D eigenvalue weighted by Gasteiger charge is -2.22. The molecule has 6 nitrogen and oxygen atoms in total. The lowest BCUT2D eigenvalue weighted by molar-refractivity contribution is -0.143. The number of hydrogen-bond donors (Lipinski definition) is 3. The summed E-state index contributed by atoms with van der Waals surface area (Å²) < 4.78 is 5.47. The highest BCUT2D eigenvalue weighted by molar-refractivity contribution is 5.76. The Labute approximate surface area is 399 Å². The first-order valence-corrected chi connectivity index (χ1v) is 28.6. The number of aliphatic hydroxyl groups is 2. The molecule has 0 spiro atoms. The Morgan fingerprint density at radius 1 is 0.438 bits per heavy atom. The van der Waals surface area contributed by atoms with Crippen molar-refractivity contribution in [2.24, 2.45) is 0 Å². The van der Waals surface area contributed by atoms with Gasteiger partial charge in [0.15, 0.2) is 0 Å². The fraction of sp³-hybridized carbons (Fsp3) is 0.897. The fourth-order valence-corrected chi connectivity index (χ4v) is 8.85. The molecule has 378 valence electrons. The highest BCUT2D eigenvalue weighted by atomic mass is 16.5. The van der Waals surface area contributed by atoms with Gasteiger partial charge in [-0.25, -0.2) is 0 Å². The average Bonchev–Trinajstić information content (AvgIpc) is 3.29. The van der Waals surface area contributed by atoms with E-state index >= 15 is 0 Å². The van der Waals surface area contributed by atoms with Crippen molar-refractivity contribution in [2.45, 2.75) is 321 Å². The van der Waals surface area contributed by atoms with Crippen molar-refractivity contribution in [3.8, 4) is 0 Å². The highest BCUT2D eigenvalue weighted by Gasteiger charge is 2.20. The Kier molecular flexibility index (Phi) is 52.6. The lowest BCUT2D eigenvalue weighted by atomic mass is 10.0. The van der Waals surface area contributed by atoms with E-state index in [-0.39, 0.29) is 18.5 Å². The number of aliphatic hydroxyl groups excluding tert-OH is 2. The van der Waals surface area contributed by atoms with Crippen LogP contribution < -0.4 is 5.32 Å². The van der Waals surface area contributed by atoms with E-state index in [2.05, 4.69) is 43.5 Å². The normalized spacial score (nSPS) is 12.8. The maximum atomic E-state index is 12.5. The Morgan fingerprint density at radius 2 is 0.781 bits per heavy atom. The topological polar surface area (TPSA) is 95.9 Å². The number of carbonyl (C=O) groups excluding carboxylic acids is 2. The minimum Gasteiger partial charge on any atom is -0.466 e. The Balaban J connectivity index is 3.47. The zero-order chi connectivity index (χ0) is 46.5. The van der Waals surface area contributed by atoms with Crippen LogP contribution in [0.5, 0.6) is 0 Å². The van der Waals surface area contributed by atoms with Gasteiger partial charge in [-0.2, -0.15) is 0 Å². The first-order valence-electron chi connectivity index (χ1n) is 28.6. The predicted octanol–water partition coefficient (Wildman–Crippen LogP) is 17.5. The largest absolute Gasteiger partial charge is 0.466 e. The van der Waals surface area contributed by atoms with Crippen LogP contribution in [0.3, 0.4) is 0 Å². The number of unbranched alkanes of at least 4 members (excludes halogenated alkanes) is 38. The van der Waals surface area contributed by atoms with E-state index in [1.807, 2.05) is 0 Å². The maximum absolute atomic E-state index is 12.5. The summed E-state index contributed by atoms with van der Waals surface area (Å²) in [5, 5.41) is 23.3. The van der Waals surface area contributed by atoms with Crippen LogP contribution in [0.2, 0.25) is 0 Å². The van der Waals surface area contributed by atoms with Crippen molar-refractivity contribution in [1.29, 1.82) is 0 Å². The van der Waals surface area contributed by atoms with Gasteiger partial charge in [0.1, 0.15) is 0 Å². The summed E-state index contributed by atoms with van der Waals surface area (Å²) in [6.07, 6.45) is 64.4. The van der Waals surface area contributed by atoms with Gasteiger partial charge in [-0.1, -0.05) is 263 Å². The fourth-order valence-electron chi connectivity index (χ4n) is 8.85. The molecule has 0 aromatic carbocycles. The third-order valence-electron chi connectivity index (χ3n) is 13.3. The average molecular weight is 903 g/mol. The summed E-state index contributed by atoms with van der Waals surface area (Å²) >= 11 is 0. The van der Waals surface area contributed by atoms with Crippen LogP contribution in [-0.2, 0) is 14.3 Å². The molecule has 6 heteroatoms. The Morgan fingerprint density at radius 3 is 1.22 bits per heavy atom. The minimum absolute atomic E-state index is 0.0258. The molecular weight excluding hydrogens is 791 g/mol. The Bertz CT molecular complexity index is 997. The molecule has 3 N–H and O–H groups in total. The van der Waals surface area contributed by atoms with E-state index in [9.17, 15) is 19.8 Å². The number of esters is 1. The number of rotatable bonds is 53. The van der Waals surface area contributed by atoms with E-state index in [1.54, 1.807) is 0 Å². The van der Waals surface area contributed by atoms with E-state index in [0.29, 0.717) is 25.9 Å². The second-order valence-electron chi connectivity index (χ2n) is 19.6. The van der Waals surface area contributed by atoms with Crippen LogP contribution in [0.1, 0.15) is 309 Å². The predicted molar refractivity (Wildman–Crippen MR) is 278 cm³/mol. The highest BCUT2D eigenvalue weighted by Crippen LogP contribution is 2.17. The van der Waals surface area contributed by atoms with Crippen molar-refractivity contribution in [3.63, 3.8) is 0 Å². The molecule has 0 saturated carbocycles. The first kappa shape index (κ1) is 62.3. The Hall–Kier alpha value is -1.66. The second kappa shape index (κ2) is 54.0. The molecule has 1 amide bonds. The quantitative estimate of drug-likeness (QED) is 0.0321. The van der Waals surface area contributed by atoms with Crippen molar-refractivity contribution >= 4 is 11.9 Å². The van der Waals surface area contributed by atoms with Crippen molar-refractivity contribution in [1.82, 2.24) is 5.32 Å².